The van der Waals surface area contributed by atoms with E-state index in [1.54, 1.807) is 46.2 Å². The molecule has 0 spiro atoms. The number of carbonyl (C=O) groups excluding carboxylic acids is 1. The van der Waals surface area contributed by atoms with Crippen molar-refractivity contribution in [2.45, 2.75) is 37.5 Å². The van der Waals surface area contributed by atoms with Gasteiger partial charge in [-0.3, -0.25) is 24.0 Å². The summed E-state index contributed by atoms with van der Waals surface area (Å²) in [5, 5.41) is 6.90. The maximum atomic E-state index is 15.9. The van der Waals surface area contributed by atoms with Gasteiger partial charge < -0.3 is 19.3 Å². The van der Waals surface area contributed by atoms with Crippen molar-refractivity contribution in [1.82, 2.24) is 29.4 Å². The Morgan fingerprint density at radius 3 is 1.27 bits per heavy atom. The number of ketones is 1. The predicted octanol–water partition coefficient (Wildman–Crippen LogP) is 11.0. The summed E-state index contributed by atoms with van der Waals surface area (Å²) in [6.45, 7) is 0.630. The van der Waals surface area contributed by atoms with E-state index in [0.717, 1.165) is 45.0 Å². The van der Waals surface area contributed by atoms with Gasteiger partial charge in [0.2, 0.25) is 0 Å². The number of anilines is 2. The van der Waals surface area contributed by atoms with Gasteiger partial charge in [-0.1, -0.05) is 70.7 Å². The van der Waals surface area contributed by atoms with Crippen LogP contribution in [0.3, 0.4) is 0 Å². The van der Waals surface area contributed by atoms with Gasteiger partial charge in [0.05, 0.1) is 70.9 Å². The highest BCUT2D eigenvalue weighted by Crippen LogP contribution is 2.42. The van der Waals surface area contributed by atoms with E-state index in [2.05, 4.69) is 10.2 Å². The van der Waals surface area contributed by atoms with E-state index >= 15 is 4.79 Å². The van der Waals surface area contributed by atoms with E-state index in [-0.39, 0.29) is 48.7 Å². The number of alkyl halides is 6. The van der Waals surface area contributed by atoms with Crippen molar-refractivity contribution < 1.29 is 49.4 Å². The lowest BCUT2D eigenvalue weighted by atomic mass is 9.99. The van der Waals surface area contributed by atoms with Gasteiger partial charge in [0.25, 0.3) is 0 Å². The van der Waals surface area contributed by atoms with Gasteiger partial charge in [-0.05, 0) is 48.5 Å². The van der Waals surface area contributed by atoms with Crippen LogP contribution in [0.25, 0.3) is 22.5 Å². The molecule has 0 N–H and O–H groups in total. The molecule has 4 aromatic carbocycles. The maximum Gasteiger partial charge on any atom is 0.436 e. The first kappa shape index (κ1) is 51.1. The Morgan fingerprint density at radius 1 is 0.571 bits per heavy atom. The fourth-order valence-electron chi connectivity index (χ4n) is 8.92. The number of aromatic nitrogens is 4. The molecular formula is C47H42Cl4F8N8O3. The van der Waals surface area contributed by atoms with E-state index in [1.807, 2.05) is 9.80 Å². The van der Waals surface area contributed by atoms with E-state index in [9.17, 15) is 35.1 Å². The summed E-state index contributed by atoms with van der Waals surface area (Å²) < 4.78 is 130. The molecule has 70 heavy (non-hydrogen) atoms. The molecule has 0 amide bonds. The second-order valence-electron chi connectivity index (χ2n) is 16.5. The number of hydrogen-bond donors (Lipinski definition) is 0. The fourth-order valence-corrected chi connectivity index (χ4v) is 10.0. The van der Waals surface area contributed by atoms with Crippen LogP contribution in [0.15, 0.2) is 84.9 Å². The number of piperazine rings is 2. The predicted molar refractivity (Wildman–Crippen MR) is 251 cm³/mol. The summed E-state index contributed by atoms with van der Waals surface area (Å²) in [5.74, 6) is -1.35. The maximum absolute atomic E-state index is 15.9. The Morgan fingerprint density at radius 2 is 0.943 bits per heavy atom. The molecule has 2 unspecified atom stereocenters. The van der Waals surface area contributed by atoms with E-state index in [4.69, 9.17) is 55.9 Å². The molecule has 0 aliphatic carbocycles. The average Bonchev–Trinajstić information content (AvgIpc) is 3.85. The summed E-state index contributed by atoms with van der Waals surface area (Å²) in [6, 6.07) is 17.2. The van der Waals surface area contributed by atoms with Crippen molar-refractivity contribution in [1.29, 1.82) is 0 Å². The zero-order chi connectivity index (χ0) is 50.2. The molecular weight excluding hydrogens is 1020 g/mol. The lowest BCUT2D eigenvalue weighted by molar-refractivity contribution is -0.142. The molecule has 6 aromatic rings. The van der Waals surface area contributed by atoms with Gasteiger partial charge in [-0.2, -0.15) is 36.5 Å². The van der Waals surface area contributed by atoms with Gasteiger partial charge >= 0.3 is 12.4 Å². The van der Waals surface area contributed by atoms with Crippen molar-refractivity contribution in [3.63, 3.8) is 0 Å². The summed E-state index contributed by atoms with van der Waals surface area (Å²) in [5.41, 5.74) is -2.22. The highest BCUT2D eigenvalue weighted by Gasteiger charge is 2.44. The summed E-state index contributed by atoms with van der Waals surface area (Å²) >= 11 is 25.6. The van der Waals surface area contributed by atoms with Crippen LogP contribution < -0.4 is 19.3 Å². The zero-order valence-electron chi connectivity index (χ0n) is 37.1. The molecule has 2 aliphatic heterocycles. The summed E-state index contributed by atoms with van der Waals surface area (Å²) in [7, 11) is 2.94. The zero-order valence-corrected chi connectivity index (χ0v) is 40.2. The Labute approximate surface area is 416 Å². The quantitative estimate of drug-likeness (QED) is 0.0991. The van der Waals surface area contributed by atoms with E-state index in [0.29, 0.717) is 47.7 Å². The minimum absolute atomic E-state index is 0.0576. The molecule has 4 heterocycles. The molecule has 2 saturated heterocycles. The number of carbonyl (C=O) groups is 1. The number of hydrogen-bond acceptors (Lipinski definition) is 9. The highest BCUT2D eigenvalue weighted by atomic mass is 35.5. The topological polar surface area (TPSA) is 84.1 Å². The van der Waals surface area contributed by atoms with Gasteiger partial charge in [-0.25, -0.2) is 8.78 Å². The van der Waals surface area contributed by atoms with E-state index < -0.39 is 76.4 Å². The molecule has 8 rings (SSSR count). The summed E-state index contributed by atoms with van der Waals surface area (Å²) in [6.07, 6.45) is -10.2. The standard InChI is InChI=1S/C47H42Cl4F8N8O3/c1-69-37-23-31(9-11-33(37)48)62-13-17-64(18-14-62)35(25-66-41(27-5-3-7-29(52)21-27)39(50)44(60-66)46(54,55)56)43(68)36(65-19-15-63(16-20-65)32-10-12-34(49)38(24-32)70-2)26-67-42(28-6-4-8-30(53)22-28)40(51)45(61-67)47(57,58)59/h3-12,21-24,35-36H,13-20,25-26H2,1-2H3. The third kappa shape index (κ3) is 10.8. The van der Waals surface area contributed by atoms with Crippen molar-refractivity contribution in [2.24, 2.45) is 0 Å². The number of ether oxygens (including phenoxy) is 2. The van der Waals surface area contributed by atoms with Crippen molar-refractivity contribution in [3.8, 4) is 34.0 Å². The third-order valence-corrected chi connectivity index (χ3v) is 13.7. The smallest absolute Gasteiger partial charge is 0.436 e. The van der Waals surface area contributed by atoms with E-state index in [1.165, 1.54) is 38.5 Å². The molecule has 0 radical (unpaired) electrons. The van der Waals surface area contributed by atoms with Gasteiger partial charge in [0, 0.05) is 87.0 Å². The first-order valence-electron chi connectivity index (χ1n) is 21.6. The van der Waals surface area contributed by atoms with Crippen LogP contribution in [0.5, 0.6) is 11.5 Å². The van der Waals surface area contributed by atoms with Crippen LogP contribution in [0.1, 0.15) is 11.4 Å². The number of methoxy groups -OCH3 is 2. The number of benzene rings is 4. The molecule has 0 saturated carbocycles. The number of Topliss-reactive ketones (excluding diaryl/α,β-unsaturated/α-hetero) is 1. The van der Waals surface area contributed by atoms with Crippen molar-refractivity contribution in [3.05, 3.63) is 128 Å². The first-order valence-corrected chi connectivity index (χ1v) is 23.1. The molecule has 0 bridgehead atoms. The Balaban J connectivity index is 1.24. The van der Waals surface area contributed by atoms with Crippen LogP contribution >= 0.6 is 46.4 Å². The number of rotatable bonds is 14. The third-order valence-electron chi connectivity index (χ3n) is 12.4. The highest BCUT2D eigenvalue weighted by molar-refractivity contribution is 6.34. The molecule has 23 heteroatoms. The first-order chi connectivity index (χ1) is 33.2. The molecule has 2 fully saturated rings. The minimum Gasteiger partial charge on any atom is -0.495 e. The second-order valence-corrected chi connectivity index (χ2v) is 18.1. The molecule has 2 aliphatic rings. The molecule has 372 valence electrons. The lowest BCUT2D eigenvalue weighted by Crippen LogP contribution is -2.61. The Bertz CT molecular complexity index is 2680. The minimum atomic E-state index is -5.08. The average molecular weight is 1060 g/mol. The number of halogens is 12. The Kier molecular flexibility index (Phi) is 15.2. The van der Waals surface area contributed by atoms with Crippen molar-refractivity contribution >= 4 is 63.6 Å². The monoisotopic (exact) mass is 1060 g/mol. The fraction of sp³-hybridized carbons (Fsp3) is 0.340. The SMILES string of the molecule is COc1cc(N2CCN(C(Cn3nc(C(F)(F)F)c(Cl)c3-c3cccc(F)c3)C(=O)C(Cn3nc(C(F)(F)F)c(Cl)c3-c3cccc(F)c3)N3CCN(c4ccc(Cl)c(OC)c4)CC3)CC2)ccc1Cl. The largest absolute Gasteiger partial charge is 0.495 e. The molecule has 2 atom stereocenters. The van der Waals surface area contributed by atoms with Crippen molar-refractivity contribution in [2.75, 3.05) is 76.4 Å². The number of nitrogens with zero attached hydrogens (tertiary/aromatic N) is 8. The normalized spacial score (nSPS) is 16.1. The summed E-state index contributed by atoms with van der Waals surface area (Å²) in [4.78, 5) is 23.4. The van der Waals surface area contributed by atoms with Crippen LogP contribution in [0, 0.1) is 11.6 Å². The van der Waals surface area contributed by atoms with Crippen LogP contribution in [0.4, 0.5) is 46.5 Å². The van der Waals surface area contributed by atoms with Gasteiger partial charge in [0.1, 0.15) is 23.1 Å². The molecule has 2 aromatic heterocycles. The van der Waals surface area contributed by atoms with Crippen LogP contribution in [0.2, 0.25) is 20.1 Å². The van der Waals surface area contributed by atoms with Crippen LogP contribution in [-0.4, -0.2) is 114 Å². The van der Waals surface area contributed by atoms with Crippen LogP contribution in [-0.2, 0) is 30.2 Å². The second kappa shape index (κ2) is 20.8. The van der Waals surface area contributed by atoms with Gasteiger partial charge in [0.15, 0.2) is 17.2 Å². The lowest BCUT2D eigenvalue weighted by Gasteiger charge is -2.44. The Hall–Kier alpha value is -5.31. The molecule has 11 nitrogen and oxygen atoms in total. The van der Waals surface area contributed by atoms with Gasteiger partial charge in [-0.15, -0.1) is 0 Å².